The van der Waals surface area contributed by atoms with Crippen LogP contribution in [0, 0.1) is 0 Å². The molecule has 4 nitrogen and oxygen atoms in total. The van der Waals surface area contributed by atoms with Crippen molar-refractivity contribution in [2.45, 2.75) is 52.3 Å². The molecule has 0 fully saturated rings. The second kappa shape index (κ2) is 7.87. The molecular weight excluding hydrogens is 334 g/mol. The monoisotopic (exact) mass is 361 g/mol. The van der Waals surface area contributed by atoms with Gasteiger partial charge in [0.05, 0.1) is 11.8 Å². The van der Waals surface area contributed by atoms with E-state index in [1.807, 2.05) is 18.2 Å². The van der Waals surface area contributed by atoms with Crippen molar-refractivity contribution in [2.75, 3.05) is 5.32 Å². The summed E-state index contributed by atoms with van der Waals surface area (Å²) in [6.45, 7) is 5.94. The highest BCUT2D eigenvalue weighted by Gasteiger charge is 2.13. The van der Waals surface area contributed by atoms with Crippen LogP contribution in [0.1, 0.15) is 38.1 Å². The largest absolute Gasteiger partial charge is 0.491 e. The van der Waals surface area contributed by atoms with E-state index in [1.54, 1.807) is 0 Å². The Morgan fingerprint density at radius 2 is 1.89 bits per heavy atom. The van der Waals surface area contributed by atoms with Crippen LogP contribution in [0.3, 0.4) is 0 Å². The summed E-state index contributed by atoms with van der Waals surface area (Å²) in [5.41, 5.74) is 4.51. The lowest BCUT2D eigenvalue weighted by atomic mass is 10.1. The van der Waals surface area contributed by atoms with Gasteiger partial charge < -0.3 is 14.6 Å². The smallest absolute Gasteiger partial charge is 0.124 e. The molecule has 2 heterocycles. The summed E-state index contributed by atoms with van der Waals surface area (Å²) in [7, 11) is 0. The van der Waals surface area contributed by atoms with Crippen LogP contribution in [0.4, 0.5) is 5.69 Å². The quantitative estimate of drug-likeness (QED) is 0.649. The fourth-order valence-electron chi connectivity index (χ4n) is 3.53. The van der Waals surface area contributed by atoms with E-state index in [1.165, 1.54) is 24.2 Å². The first kappa shape index (κ1) is 17.7. The lowest BCUT2D eigenvalue weighted by molar-refractivity contribution is 0.240. The number of fused-ring (bicyclic) bond motifs is 1. The zero-order valence-electron chi connectivity index (χ0n) is 16.1. The number of nitrogens with zero attached hydrogens (tertiary/aromatic N) is 2. The van der Waals surface area contributed by atoms with Crippen LogP contribution in [0.2, 0.25) is 0 Å². The first-order chi connectivity index (χ1) is 13.2. The predicted octanol–water partition coefficient (Wildman–Crippen LogP) is 5.29. The van der Waals surface area contributed by atoms with E-state index in [9.17, 15) is 0 Å². The fourth-order valence-corrected chi connectivity index (χ4v) is 3.53. The molecule has 2 aromatic carbocycles. The van der Waals surface area contributed by atoms with Gasteiger partial charge in [0.1, 0.15) is 11.6 Å². The highest BCUT2D eigenvalue weighted by atomic mass is 16.5. The summed E-state index contributed by atoms with van der Waals surface area (Å²) in [5.74, 6) is 2.17. The van der Waals surface area contributed by atoms with E-state index in [2.05, 4.69) is 60.3 Å². The number of ether oxygens (including phenoxy) is 1. The number of hydrogen-bond acceptors (Lipinski definition) is 3. The van der Waals surface area contributed by atoms with Gasteiger partial charge in [-0.1, -0.05) is 30.3 Å². The van der Waals surface area contributed by atoms with E-state index in [4.69, 9.17) is 9.72 Å². The third kappa shape index (κ3) is 4.16. The number of para-hydroxylation sites is 1. The minimum Gasteiger partial charge on any atom is -0.491 e. The highest BCUT2D eigenvalue weighted by Crippen LogP contribution is 2.25. The fraction of sp³-hybridized carbons (Fsp3) is 0.348. The topological polar surface area (TPSA) is 39.1 Å². The number of benzene rings is 2. The molecule has 0 saturated heterocycles. The number of rotatable bonds is 6. The first-order valence-electron chi connectivity index (χ1n) is 9.84. The summed E-state index contributed by atoms with van der Waals surface area (Å²) in [6.07, 6.45) is 5.97. The van der Waals surface area contributed by atoms with Gasteiger partial charge in [-0.05, 0) is 44.9 Å². The molecule has 4 rings (SSSR count). The summed E-state index contributed by atoms with van der Waals surface area (Å²) >= 11 is 0. The van der Waals surface area contributed by atoms with Gasteiger partial charge in [-0.2, -0.15) is 0 Å². The number of aryl methyl sites for hydroxylation is 2. The Hall–Kier alpha value is -2.75. The second-order valence-corrected chi connectivity index (χ2v) is 7.40. The van der Waals surface area contributed by atoms with Crippen LogP contribution in [-0.4, -0.2) is 15.7 Å². The van der Waals surface area contributed by atoms with E-state index in [-0.39, 0.29) is 6.10 Å². The van der Waals surface area contributed by atoms with E-state index >= 15 is 0 Å². The van der Waals surface area contributed by atoms with Gasteiger partial charge in [-0.3, -0.25) is 0 Å². The average molecular weight is 361 g/mol. The van der Waals surface area contributed by atoms with Crippen molar-refractivity contribution in [3.05, 3.63) is 66.1 Å². The maximum absolute atomic E-state index is 5.90. The molecule has 1 aliphatic rings. The lowest BCUT2D eigenvalue weighted by Gasteiger charge is -2.15. The molecule has 3 aromatic rings. The maximum atomic E-state index is 5.90. The van der Waals surface area contributed by atoms with Crippen LogP contribution in [0.5, 0.6) is 5.75 Å². The van der Waals surface area contributed by atoms with Gasteiger partial charge in [-0.25, -0.2) is 4.98 Å². The molecule has 140 valence electrons. The maximum Gasteiger partial charge on any atom is 0.124 e. The van der Waals surface area contributed by atoms with Crippen LogP contribution < -0.4 is 10.1 Å². The second-order valence-electron chi connectivity index (χ2n) is 7.40. The third-order valence-electron chi connectivity index (χ3n) is 4.91. The molecule has 1 aromatic heterocycles. The van der Waals surface area contributed by atoms with Crippen LogP contribution in [0.25, 0.3) is 11.3 Å². The Kier molecular flexibility index (Phi) is 5.14. The first-order valence-corrected chi connectivity index (χ1v) is 9.84. The van der Waals surface area contributed by atoms with Crippen molar-refractivity contribution in [2.24, 2.45) is 0 Å². The lowest BCUT2D eigenvalue weighted by Crippen LogP contribution is -2.09. The van der Waals surface area contributed by atoms with Crippen LogP contribution >= 0.6 is 0 Å². The van der Waals surface area contributed by atoms with E-state index < -0.39 is 0 Å². The Morgan fingerprint density at radius 3 is 2.67 bits per heavy atom. The van der Waals surface area contributed by atoms with E-state index in [0.29, 0.717) is 0 Å². The molecule has 0 amide bonds. The van der Waals surface area contributed by atoms with Gasteiger partial charge in [0.2, 0.25) is 0 Å². The predicted molar refractivity (Wildman–Crippen MR) is 110 cm³/mol. The molecule has 0 saturated carbocycles. The minimum absolute atomic E-state index is 0.172. The number of imidazole rings is 1. The Bertz CT molecular complexity index is 873. The summed E-state index contributed by atoms with van der Waals surface area (Å²) in [5, 5.41) is 3.50. The van der Waals surface area contributed by atoms with Crippen molar-refractivity contribution in [3.63, 3.8) is 0 Å². The van der Waals surface area contributed by atoms with Gasteiger partial charge in [0.15, 0.2) is 0 Å². The zero-order chi connectivity index (χ0) is 18.6. The summed E-state index contributed by atoms with van der Waals surface area (Å²) in [6, 6.07) is 16.7. The number of hydrogen-bond donors (Lipinski definition) is 1. The molecule has 0 unspecified atom stereocenters. The van der Waals surface area contributed by atoms with Gasteiger partial charge >= 0.3 is 0 Å². The summed E-state index contributed by atoms with van der Waals surface area (Å²) in [4.78, 5) is 4.81. The molecule has 0 bridgehead atoms. The highest BCUT2D eigenvalue weighted by molar-refractivity contribution is 5.62. The van der Waals surface area contributed by atoms with Crippen molar-refractivity contribution >= 4 is 5.69 Å². The molecular formula is C23H27N3O. The molecule has 1 aliphatic heterocycles. The Labute approximate surface area is 161 Å². The Balaban J connectivity index is 1.44. The van der Waals surface area contributed by atoms with Crippen LogP contribution in [0.15, 0.2) is 54.7 Å². The normalized spacial score (nSPS) is 13.4. The summed E-state index contributed by atoms with van der Waals surface area (Å²) < 4.78 is 8.20. The molecule has 27 heavy (non-hydrogen) atoms. The van der Waals surface area contributed by atoms with Gasteiger partial charge in [0.25, 0.3) is 0 Å². The zero-order valence-corrected chi connectivity index (χ0v) is 16.1. The van der Waals surface area contributed by atoms with Gasteiger partial charge in [-0.15, -0.1) is 0 Å². The molecule has 4 heteroatoms. The molecule has 0 radical (unpaired) electrons. The van der Waals surface area contributed by atoms with Gasteiger partial charge in [0, 0.05) is 42.5 Å². The number of anilines is 1. The Morgan fingerprint density at radius 1 is 1.07 bits per heavy atom. The van der Waals surface area contributed by atoms with Crippen molar-refractivity contribution in [3.8, 4) is 17.0 Å². The molecule has 0 atom stereocenters. The van der Waals surface area contributed by atoms with Crippen molar-refractivity contribution in [1.82, 2.24) is 9.55 Å². The van der Waals surface area contributed by atoms with E-state index in [0.717, 1.165) is 42.2 Å². The molecule has 1 N–H and O–H groups in total. The number of aromatic nitrogens is 2. The SMILES string of the molecule is CC(C)Oc1ccccc1CNc1ccc(-c2cn3c(n2)CCCC3)cc1. The average Bonchev–Trinajstić information content (AvgIpc) is 3.11. The standard InChI is InChI=1S/C23H27N3O/c1-17(2)27-22-8-4-3-7-19(22)15-24-20-12-10-18(11-13-20)21-16-26-14-6-5-9-23(26)25-21/h3-4,7-8,10-13,16-17,24H,5-6,9,14-15H2,1-2H3. The third-order valence-corrected chi connectivity index (χ3v) is 4.91. The molecule has 0 aliphatic carbocycles. The van der Waals surface area contributed by atoms with Crippen LogP contribution in [-0.2, 0) is 19.5 Å². The van der Waals surface area contributed by atoms with Crippen molar-refractivity contribution in [1.29, 1.82) is 0 Å². The minimum atomic E-state index is 0.172. The number of nitrogens with one attached hydrogen (secondary N) is 1. The molecule has 0 spiro atoms. The van der Waals surface area contributed by atoms with Crippen molar-refractivity contribution < 1.29 is 4.74 Å².